The average Bonchev–Trinajstić information content (AvgIpc) is 3.49. The Morgan fingerprint density at radius 1 is 0.771 bits per heavy atom. The lowest BCUT2D eigenvalue weighted by molar-refractivity contribution is -0.162. The predicted octanol–water partition coefficient (Wildman–Crippen LogP) is 2.68. The number of likely N-dealkylation sites (tertiary alicyclic amines) is 1. The van der Waals surface area contributed by atoms with Crippen molar-refractivity contribution in [1.29, 1.82) is 0 Å². The first-order chi connectivity index (χ1) is 23.2. The van der Waals surface area contributed by atoms with Gasteiger partial charge in [-0.25, -0.2) is 0 Å². The van der Waals surface area contributed by atoms with Gasteiger partial charge in [-0.1, -0.05) is 44.0 Å². The van der Waals surface area contributed by atoms with Crippen molar-refractivity contribution in [2.45, 2.75) is 88.9 Å². The lowest BCUT2D eigenvalue weighted by Gasteiger charge is -2.47. The van der Waals surface area contributed by atoms with Crippen LogP contribution in [0.2, 0.25) is 0 Å². The number of hydrogen-bond donors (Lipinski definition) is 3. The number of piperazine rings is 2. The van der Waals surface area contributed by atoms with Gasteiger partial charge < -0.3 is 30.2 Å². The van der Waals surface area contributed by atoms with Crippen molar-refractivity contribution in [2.24, 2.45) is 5.92 Å². The molecular weight excluding hydrogens is 610 g/mol. The number of carbonyl (C=O) groups excluding carboxylic acids is 4. The van der Waals surface area contributed by atoms with Gasteiger partial charge in [0.2, 0.25) is 0 Å². The first kappa shape index (κ1) is 33.8. The molecule has 2 aromatic rings. The minimum atomic E-state index is -0.555. The number of nitrogens with zero attached hydrogens (tertiary/aromatic N) is 4. The number of aromatic hydroxyl groups is 2. The van der Waals surface area contributed by atoms with E-state index in [-0.39, 0.29) is 35.7 Å². The topological polar surface area (TPSA) is 134 Å². The molecule has 3 heterocycles. The van der Waals surface area contributed by atoms with Crippen LogP contribution in [0.3, 0.4) is 0 Å². The molecule has 48 heavy (non-hydrogen) atoms. The van der Waals surface area contributed by atoms with E-state index in [1.165, 1.54) is 0 Å². The Bertz CT molecular complexity index is 1460. The number of carbonyl (C=O) groups is 4. The van der Waals surface area contributed by atoms with Crippen LogP contribution < -0.4 is 5.32 Å². The maximum Gasteiger partial charge on any atom is 0.312 e. The van der Waals surface area contributed by atoms with Crippen molar-refractivity contribution in [3.05, 3.63) is 59.7 Å². The fourth-order valence-corrected chi connectivity index (χ4v) is 7.93. The highest BCUT2D eigenvalue weighted by molar-refractivity contribution is 6.36. The summed E-state index contributed by atoms with van der Waals surface area (Å²) in [5, 5.41) is 22.6. The molecular formula is C37H49N5O6. The van der Waals surface area contributed by atoms with E-state index in [1.54, 1.807) is 39.0 Å². The van der Waals surface area contributed by atoms with Crippen LogP contribution in [-0.4, -0.2) is 117 Å². The summed E-state index contributed by atoms with van der Waals surface area (Å²) in [6.45, 7) is 5.27. The summed E-state index contributed by atoms with van der Waals surface area (Å²) < 4.78 is 0. The Hall–Kier alpha value is -4.12. The molecule has 1 saturated carbocycles. The van der Waals surface area contributed by atoms with E-state index in [2.05, 4.69) is 17.1 Å². The van der Waals surface area contributed by atoms with Crippen LogP contribution in [0.4, 0.5) is 0 Å². The van der Waals surface area contributed by atoms with Crippen molar-refractivity contribution in [3.8, 4) is 11.5 Å². The Labute approximate surface area is 282 Å². The van der Waals surface area contributed by atoms with E-state index in [0.717, 1.165) is 62.6 Å². The first-order valence-electron chi connectivity index (χ1n) is 17.7. The second kappa shape index (κ2) is 15.0. The number of phenolic OH excluding ortho intramolecular Hbond substituents is 2. The lowest BCUT2D eigenvalue weighted by atomic mass is 9.84. The summed E-state index contributed by atoms with van der Waals surface area (Å²) in [7, 11) is 0. The number of rotatable bonds is 13. The Balaban J connectivity index is 1.26. The van der Waals surface area contributed by atoms with Crippen molar-refractivity contribution in [2.75, 3.05) is 39.3 Å². The molecule has 3 aliphatic heterocycles. The summed E-state index contributed by atoms with van der Waals surface area (Å²) in [6.07, 6.45) is 7.87. The molecule has 258 valence electrons. The molecule has 4 aliphatic rings. The second-order valence-corrected chi connectivity index (χ2v) is 14.2. The highest BCUT2D eigenvalue weighted by Gasteiger charge is 2.44. The molecule has 0 unspecified atom stereocenters. The van der Waals surface area contributed by atoms with Crippen LogP contribution in [0.25, 0.3) is 0 Å². The first-order valence-corrected chi connectivity index (χ1v) is 17.7. The summed E-state index contributed by atoms with van der Waals surface area (Å²) in [4.78, 5) is 61.1. The van der Waals surface area contributed by atoms with Gasteiger partial charge in [-0.2, -0.15) is 0 Å². The molecule has 6 rings (SSSR count). The highest BCUT2D eigenvalue weighted by Crippen LogP contribution is 2.31. The van der Waals surface area contributed by atoms with Crippen molar-refractivity contribution in [1.82, 2.24) is 24.9 Å². The van der Waals surface area contributed by atoms with E-state index in [4.69, 9.17) is 0 Å². The Morgan fingerprint density at radius 2 is 1.44 bits per heavy atom. The van der Waals surface area contributed by atoms with Gasteiger partial charge in [0.25, 0.3) is 0 Å². The van der Waals surface area contributed by atoms with Gasteiger partial charge in [0.15, 0.2) is 0 Å². The van der Waals surface area contributed by atoms with Gasteiger partial charge in [0, 0.05) is 50.8 Å². The highest BCUT2D eigenvalue weighted by atomic mass is 16.3. The van der Waals surface area contributed by atoms with Crippen molar-refractivity contribution >= 4 is 23.6 Å². The fraction of sp³-hybridized carbons (Fsp3) is 0.568. The standard InChI is InChI=1S/C37H49N5O6/c1-2-5-28-20-38-34(45)35(46)41(28)23-29-8-4-17-39(29)22-30(18-25-9-13-32(43)14-10-25)42-24-31(19-26-11-15-33(44)16-12-26)40(36(47)37(42)48)21-27-6-3-7-27/h9-16,27-31,43-44H,2-8,17-24H2,1H3,(H,38,45)/t28-,29-,30-,31-/m0/s1. The van der Waals surface area contributed by atoms with E-state index in [1.807, 2.05) is 24.3 Å². The van der Waals surface area contributed by atoms with E-state index in [0.29, 0.717) is 51.5 Å². The van der Waals surface area contributed by atoms with E-state index in [9.17, 15) is 29.4 Å². The molecule has 2 aromatic carbocycles. The van der Waals surface area contributed by atoms with Crippen LogP contribution >= 0.6 is 0 Å². The number of amides is 4. The van der Waals surface area contributed by atoms with Crippen LogP contribution in [0.15, 0.2) is 48.5 Å². The molecule has 0 bridgehead atoms. The normalized spacial score (nSPS) is 24.6. The summed E-state index contributed by atoms with van der Waals surface area (Å²) in [6, 6.07) is 13.5. The number of hydrogen-bond acceptors (Lipinski definition) is 7. The van der Waals surface area contributed by atoms with Gasteiger partial charge in [-0.05, 0) is 92.8 Å². The molecule has 0 radical (unpaired) electrons. The maximum atomic E-state index is 14.1. The minimum absolute atomic E-state index is 0.0278. The van der Waals surface area contributed by atoms with Crippen LogP contribution in [-0.2, 0) is 32.0 Å². The quantitative estimate of drug-likeness (QED) is 0.282. The zero-order valence-electron chi connectivity index (χ0n) is 27.9. The van der Waals surface area contributed by atoms with Crippen LogP contribution in [0, 0.1) is 5.92 Å². The third-order valence-electron chi connectivity index (χ3n) is 10.9. The summed E-state index contributed by atoms with van der Waals surface area (Å²) in [5.41, 5.74) is 1.94. The zero-order valence-corrected chi connectivity index (χ0v) is 27.9. The summed E-state index contributed by atoms with van der Waals surface area (Å²) in [5.74, 6) is -1.22. The predicted molar refractivity (Wildman–Crippen MR) is 180 cm³/mol. The molecule has 4 fully saturated rings. The molecule has 3 N–H and O–H groups in total. The lowest BCUT2D eigenvalue weighted by Crippen LogP contribution is -2.65. The third-order valence-corrected chi connectivity index (χ3v) is 10.9. The second-order valence-electron chi connectivity index (χ2n) is 14.2. The Morgan fingerprint density at radius 3 is 2.08 bits per heavy atom. The zero-order chi connectivity index (χ0) is 33.8. The van der Waals surface area contributed by atoms with E-state index >= 15 is 0 Å². The fourth-order valence-electron chi connectivity index (χ4n) is 7.93. The molecule has 4 atom stereocenters. The number of nitrogens with one attached hydrogen (secondary N) is 1. The molecule has 0 spiro atoms. The van der Waals surface area contributed by atoms with Gasteiger partial charge in [-0.15, -0.1) is 0 Å². The average molecular weight is 660 g/mol. The van der Waals surface area contributed by atoms with Crippen molar-refractivity contribution < 1.29 is 29.4 Å². The largest absolute Gasteiger partial charge is 0.508 e. The van der Waals surface area contributed by atoms with Crippen molar-refractivity contribution in [3.63, 3.8) is 0 Å². The van der Waals surface area contributed by atoms with Gasteiger partial charge in [0.05, 0.1) is 6.04 Å². The number of benzene rings is 2. The maximum absolute atomic E-state index is 14.1. The van der Waals surface area contributed by atoms with Crippen LogP contribution in [0.5, 0.6) is 11.5 Å². The Kier molecular flexibility index (Phi) is 10.5. The number of phenols is 2. The van der Waals surface area contributed by atoms with Crippen LogP contribution in [0.1, 0.15) is 63.0 Å². The molecule has 4 amide bonds. The summed E-state index contributed by atoms with van der Waals surface area (Å²) >= 11 is 0. The molecule has 11 nitrogen and oxygen atoms in total. The molecule has 1 aliphatic carbocycles. The SMILES string of the molecule is CCC[C@H]1CNC(=O)C(=O)N1C[C@@H]1CCCN1C[C@H](Cc1ccc(O)cc1)N1C[C@H](Cc2ccc(O)cc2)N(CC2CCC2)C(=O)C1=O. The minimum Gasteiger partial charge on any atom is -0.508 e. The molecule has 3 saturated heterocycles. The van der Waals surface area contributed by atoms with Gasteiger partial charge in [-0.3, -0.25) is 24.1 Å². The molecule has 0 aromatic heterocycles. The smallest absolute Gasteiger partial charge is 0.312 e. The van der Waals surface area contributed by atoms with Gasteiger partial charge in [0.1, 0.15) is 11.5 Å². The van der Waals surface area contributed by atoms with Gasteiger partial charge >= 0.3 is 23.6 Å². The third kappa shape index (κ3) is 7.61. The monoisotopic (exact) mass is 659 g/mol. The van der Waals surface area contributed by atoms with E-state index < -0.39 is 23.6 Å². The molecule has 11 heteroatoms.